The van der Waals surface area contributed by atoms with Crippen LogP contribution in [0.2, 0.25) is 0 Å². The normalized spacial score (nSPS) is 28.9. The van der Waals surface area contributed by atoms with E-state index in [0.29, 0.717) is 11.3 Å². The molecular weight excluding hydrogens is 270 g/mol. The molecule has 1 saturated carbocycles. The molecule has 4 heteroatoms. The molecule has 1 aromatic rings. The van der Waals surface area contributed by atoms with Gasteiger partial charge in [0.05, 0.1) is 13.2 Å². The van der Waals surface area contributed by atoms with Crippen LogP contribution >= 0.6 is 11.8 Å². The summed E-state index contributed by atoms with van der Waals surface area (Å²) in [4.78, 5) is 1.37. The second-order valence-electron chi connectivity index (χ2n) is 5.67. The van der Waals surface area contributed by atoms with Crippen LogP contribution in [0.5, 0.6) is 0 Å². The van der Waals surface area contributed by atoms with Gasteiger partial charge in [0.1, 0.15) is 0 Å². The van der Waals surface area contributed by atoms with E-state index in [1.54, 1.807) is 0 Å². The van der Waals surface area contributed by atoms with Crippen molar-refractivity contribution >= 4 is 11.8 Å². The van der Waals surface area contributed by atoms with Gasteiger partial charge in [-0.15, -0.1) is 11.8 Å². The molecule has 2 fully saturated rings. The number of hydrogen-bond acceptors (Lipinski definition) is 4. The average Bonchev–Trinajstić information content (AvgIpc) is 2.90. The van der Waals surface area contributed by atoms with Crippen LogP contribution < -0.4 is 5.32 Å². The molecule has 1 aromatic carbocycles. The van der Waals surface area contributed by atoms with Gasteiger partial charge >= 0.3 is 0 Å². The van der Waals surface area contributed by atoms with E-state index >= 15 is 0 Å². The Morgan fingerprint density at radius 3 is 2.70 bits per heavy atom. The molecule has 1 aliphatic carbocycles. The van der Waals surface area contributed by atoms with Crippen molar-refractivity contribution in [1.29, 1.82) is 0 Å². The lowest BCUT2D eigenvalue weighted by atomic mass is 9.89. The Kier molecular flexibility index (Phi) is 4.36. The zero-order chi connectivity index (χ0) is 14.0. The van der Waals surface area contributed by atoms with Crippen LogP contribution in [0.15, 0.2) is 29.2 Å². The minimum absolute atomic E-state index is 0.312. The minimum Gasteiger partial charge on any atom is -0.347 e. The molecule has 0 amide bonds. The number of hydrogen-bond donors (Lipinski definition) is 1. The van der Waals surface area contributed by atoms with Crippen LogP contribution in [0.25, 0.3) is 0 Å². The summed E-state index contributed by atoms with van der Waals surface area (Å²) in [5, 5.41) is 3.96. The predicted octanol–water partition coefficient (Wildman–Crippen LogP) is 2.97. The zero-order valence-electron chi connectivity index (χ0n) is 12.2. The summed E-state index contributed by atoms with van der Waals surface area (Å²) in [5.74, 6) is -0.312. The van der Waals surface area contributed by atoms with Crippen LogP contribution in [-0.2, 0) is 9.47 Å². The Labute approximate surface area is 125 Å². The molecular formula is C16H23NO2S. The van der Waals surface area contributed by atoms with E-state index in [1.807, 2.05) is 11.8 Å². The number of nitrogens with one attached hydrogen (secondary N) is 1. The summed E-state index contributed by atoms with van der Waals surface area (Å²) in [6.45, 7) is 3.66. The number of thioether (sulfide) groups is 1. The molecule has 0 radical (unpaired) electrons. The third kappa shape index (κ3) is 2.89. The fourth-order valence-electron chi connectivity index (χ4n) is 3.18. The number of ether oxygens (including phenoxy) is 2. The first-order chi connectivity index (χ1) is 9.72. The van der Waals surface area contributed by atoms with Crippen molar-refractivity contribution < 1.29 is 9.47 Å². The minimum atomic E-state index is -0.312. The van der Waals surface area contributed by atoms with Gasteiger partial charge in [0.25, 0.3) is 0 Å². The fraction of sp³-hybridized carbons (Fsp3) is 0.625. The van der Waals surface area contributed by atoms with E-state index in [1.165, 1.54) is 10.5 Å². The molecule has 3 nitrogen and oxygen atoms in total. The van der Waals surface area contributed by atoms with E-state index in [2.05, 4.69) is 43.6 Å². The summed E-state index contributed by atoms with van der Waals surface area (Å²) < 4.78 is 11.8. The van der Waals surface area contributed by atoms with Gasteiger partial charge in [0.15, 0.2) is 5.79 Å². The molecule has 110 valence electrons. The van der Waals surface area contributed by atoms with E-state index in [0.717, 1.165) is 32.5 Å². The van der Waals surface area contributed by atoms with E-state index in [9.17, 15) is 0 Å². The lowest BCUT2D eigenvalue weighted by Gasteiger charge is -2.40. The summed E-state index contributed by atoms with van der Waals surface area (Å²) in [6, 6.07) is 9.13. The van der Waals surface area contributed by atoms with Gasteiger partial charge in [-0.05, 0) is 32.0 Å². The first-order valence-corrected chi connectivity index (χ1v) is 8.28. The molecule has 0 aromatic heterocycles. The maximum Gasteiger partial charge on any atom is 0.169 e. The van der Waals surface area contributed by atoms with Gasteiger partial charge < -0.3 is 14.8 Å². The van der Waals surface area contributed by atoms with Gasteiger partial charge in [0, 0.05) is 29.0 Å². The molecule has 1 N–H and O–H groups in total. The Morgan fingerprint density at radius 2 is 2.00 bits per heavy atom. The number of benzene rings is 1. The zero-order valence-corrected chi connectivity index (χ0v) is 13.0. The summed E-state index contributed by atoms with van der Waals surface area (Å²) >= 11 is 1.96. The SMILES string of the molecule is CNC1CCC2(CC1Sc1ccccc1C)OCCO2. The standard InChI is InChI=1S/C16H23NO2S/c1-12-5-3-4-6-14(12)20-15-11-16(18-9-10-19-16)8-7-13(15)17-2/h3-6,13,15,17H,7-11H2,1-2H3. The second kappa shape index (κ2) is 6.06. The summed E-state index contributed by atoms with van der Waals surface area (Å²) in [7, 11) is 2.06. The van der Waals surface area contributed by atoms with Crippen molar-refractivity contribution in [3.05, 3.63) is 29.8 Å². The summed E-state index contributed by atoms with van der Waals surface area (Å²) in [6.07, 6.45) is 3.08. The van der Waals surface area contributed by atoms with E-state index < -0.39 is 0 Å². The highest BCUT2D eigenvalue weighted by Gasteiger charge is 2.45. The van der Waals surface area contributed by atoms with Crippen molar-refractivity contribution in [3.8, 4) is 0 Å². The molecule has 1 spiro atoms. The highest BCUT2D eigenvalue weighted by Crippen LogP contribution is 2.43. The van der Waals surface area contributed by atoms with Crippen molar-refractivity contribution in [1.82, 2.24) is 5.32 Å². The Morgan fingerprint density at radius 1 is 1.25 bits per heavy atom. The average molecular weight is 293 g/mol. The van der Waals surface area contributed by atoms with Crippen molar-refractivity contribution in [2.45, 2.75) is 48.2 Å². The largest absolute Gasteiger partial charge is 0.347 e. The lowest BCUT2D eigenvalue weighted by Crippen LogP contribution is -2.48. The molecule has 0 bridgehead atoms. The monoisotopic (exact) mass is 293 g/mol. The fourth-order valence-corrected chi connectivity index (χ4v) is 4.69. The first kappa shape index (κ1) is 14.4. The molecule has 2 unspecified atom stereocenters. The molecule has 2 atom stereocenters. The lowest BCUT2D eigenvalue weighted by molar-refractivity contribution is -0.177. The van der Waals surface area contributed by atoms with Gasteiger partial charge in [-0.3, -0.25) is 0 Å². The van der Waals surface area contributed by atoms with Crippen LogP contribution in [0.4, 0.5) is 0 Å². The highest BCUT2D eigenvalue weighted by molar-refractivity contribution is 8.00. The Bertz CT molecular complexity index is 460. The van der Waals surface area contributed by atoms with Crippen molar-refractivity contribution in [2.75, 3.05) is 20.3 Å². The smallest absolute Gasteiger partial charge is 0.169 e. The maximum absolute atomic E-state index is 5.91. The predicted molar refractivity (Wildman–Crippen MR) is 82.2 cm³/mol. The van der Waals surface area contributed by atoms with E-state index in [4.69, 9.17) is 9.47 Å². The molecule has 20 heavy (non-hydrogen) atoms. The molecule has 1 aliphatic heterocycles. The van der Waals surface area contributed by atoms with Crippen LogP contribution in [0.3, 0.4) is 0 Å². The summed E-state index contributed by atoms with van der Waals surface area (Å²) in [5.41, 5.74) is 1.35. The van der Waals surface area contributed by atoms with Gasteiger partial charge in [-0.1, -0.05) is 18.2 Å². The second-order valence-corrected chi connectivity index (χ2v) is 6.95. The van der Waals surface area contributed by atoms with Crippen molar-refractivity contribution in [3.63, 3.8) is 0 Å². The quantitative estimate of drug-likeness (QED) is 0.928. The first-order valence-electron chi connectivity index (χ1n) is 7.40. The number of aryl methyl sites for hydroxylation is 1. The number of rotatable bonds is 3. The van der Waals surface area contributed by atoms with Crippen LogP contribution in [-0.4, -0.2) is 37.3 Å². The third-order valence-corrected chi connectivity index (χ3v) is 5.86. The van der Waals surface area contributed by atoms with E-state index in [-0.39, 0.29) is 5.79 Å². The van der Waals surface area contributed by atoms with Gasteiger partial charge in [-0.25, -0.2) is 0 Å². The highest BCUT2D eigenvalue weighted by atomic mass is 32.2. The Hall–Kier alpha value is -0.550. The topological polar surface area (TPSA) is 30.5 Å². The molecule has 2 aliphatic rings. The van der Waals surface area contributed by atoms with Crippen LogP contribution in [0.1, 0.15) is 24.8 Å². The molecule has 3 rings (SSSR count). The molecule has 1 heterocycles. The van der Waals surface area contributed by atoms with Crippen LogP contribution in [0, 0.1) is 6.92 Å². The van der Waals surface area contributed by atoms with Gasteiger partial charge in [-0.2, -0.15) is 0 Å². The molecule has 1 saturated heterocycles. The third-order valence-electron chi connectivity index (χ3n) is 4.35. The maximum atomic E-state index is 5.91. The van der Waals surface area contributed by atoms with Crippen molar-refractivity contribution in [2.24, 2.45) is 0 Å². The van der Waals surface area contributed by atoms with Gasteiger partial charge in [0.2, 0.25) is 0 Å². The Balaban J connectivity index is 1.76.